The number of carbonyl (C=O) groups excluding carboxylic acids is 2. The van der Waals surface area contributed by atoms with Crippen LogP contribution in [0.25, 0.3) is 0 Å². The molecule has 33 heavy (non-hydrogen) atoms. The lowest BCUT2D eigenvalue weighted by Gasteiger charge is -2.42. The van der Waals surface area contributed by atoms with Gasteiger partial charge in [-0.05, 0) is 50.7 Å². The number of anilines is 1. The quantitative estimate of drug-likeness (QED) is 0.310. The Balaban J connectivity index is 2.61. The molecule has 1 aromatic carbocycles. The van der Waals surface area contributed by atoms with Gasteiger partial charge in [0.15, 0.2) is 5.54 Å². The number of thiol groups is 1. The second-order valence-electron chi connectivity index (χ2n) is 7.82. The highest BCUT2D eigenvalue weighted by Gasteiger charge is 2.48. The lowest BCUT2D eigenvalue weighted by Crippen LogP contribution is -2.63. The number of benzene rings is 1. The molecule has 2 atom stereocenters. The van der Waals surface area contributed by atoms with E-state index in [1.165, 1.54) is 38.5 Å². The molecule has 1 N–H and O–H groups in total. The second kappa shape index (κ2) is 11.2. The predicted molar refractivity (Wildman–Crippen MR) is 128 cm³/mol. The average molecular weight is 503 g/mol. The Bertz CT molecular complexity index is 930. The van der Waals surface area contributed by atoms with Crippen molar-refractivity contribution in [2.45, 2.75) is 60.6 Å². The zero-order valence-corrected chi connectivity index (χ0v) is 19.9. The summed E-state index contributed by atoms with van der Waals surface area (Å²) in [6.07, 6.45) is 1.87. The molecule has 1 aromatic rings. The van der Waals surface area contributed by atoms with Crippen molar-refractivity contribution in [1.82, 2.24) is 5.32 Å². The fraction of sp³-hybridized carbons (Fsp3) is 0.455. The van der Waals surface area contributed by atoms with Crippen molar-refractivity contribution in [2.75, 3.05) is 11.9 Å². The van der Waals surface area contributed by atoms with Gasteiger partial charge in [-0.15, -0.1) is 12.6 Å². The van der Waals surface area contributed by atoms with Crippen molar-refractivity contribution in [1.29, 1.82) is 0 Å². The summed E-state index contributed by atoms with van der Waals surface area (Å²) >= 11 is 9.73. The Morgan fingerprint density at radius 1 is 1.33 bits per heavy atom. The summed E-state index contributed by atoms with van der Waals surface area (Å²) in [5, 5.41) is 2.74. The highest BCUT2D eigenvalue weighted by Crippen LogP contribution is 2.36. The number of aliphatic imine (C=N–C) groups is 2. The molecule has 1 aliphatic rings. The monoisotopic (exact) mass is 502 g/mol. The summed E-state index contributed by atoms with van der Waals surface area (Å²) in [5.74, 6) is -4.71. The fourth-order valence-electron chi connectivity index (χ4n) is 3.70. The number of carbonyl (C=O) groups is 2. The first-order valence-electron chi connectivity index (χ1n) is 10.1. The van der Waals surface area contributed by atoms with Crippen LogP contribution in [0.1, 0.15) is 32.6 Å². The number of hydrogen-bond donors (Lipinski definition) is 2. The molecule has 0 aliphatic heterocycles. The third-order valence-electron chi connectivity index (χ3n) is 5.52. The number of nitrogens with zero attached hydrogens (tertiary/aromatic N) is 3. The summed E-state index contributed by atoms with van der Waals surface area (Å²) in [6.45, 7) is 4.77. The zero-order valence-electron chi connectivity index (χ0n) is 18.3. The molecule has 0 aromatic heterocycles. The highest BCUT2D eigenvalue weighted by molar-refractivity contribution is 7.80. The number of nitrogens with one attached hydrogen (secondary N) is 1. The highest BCUT2D eigenvalue weighted by atomic mass is 35.5. The van der Waals surface area contributed by atoms with E-state index < -0.39 is 34.9 Å². The molecule has 0 bridgehead atoms. The number of hydrogen-bond acceptors (Lipinski definition) is 5. The first-order valence-corrected chi connectivity index (χ1v) is 11.0. The summed E-state index contributed by atoms with van der Waals surface area (Å²) in [6, 6.07) is 5.53. The van der Waals surface area contributed by atoms with Gasteiger partial charge >= 0.3 is 0 Å². The molecule has 180 valence electrons. The van der Waals surface area contributed by atoms with Crippen LogP contribution in [0, 0.1) is 0 Å². The Labute approximate surface area is 201 Å². The van der Waals surface area contributed by atoms with Crippen molar-refractivity contribution in [3.8, 4) is 0 Å². The molecule has 0 heterocycles. The van der Waals surface area contributed by atoms with Gasteiger partial charge in [0.25, 0.3) is 17.4 Å². The van der Waals surface area contributed by atoms with Crippen molar-refractivity contribution in [2.24, 2.45) is 9.98 Å². The molecule has 0 radical (unpaired) electrons. The number of rotatable bonds is 8. The van der Waals surface area contributed by atoms with Gasteiger partial charge in [0.1, 0.15) is 0 Å². The molecule has 2 rings (SSSR count). The zero-order chi connectivity index (χ0) is 24.8. The number of amides is 2. The molecule has 0 saturated heterocycles. The van der Waals surface area contributed by atoms with E-state index in [-0.39, 0.29) is 36.9 Å². The van der Waals surface area contributed by atoms with Crippen LogP contribution in [0.5, 0.6) is 0 Å². The van der Waals surface area contributed by atoms with Gasteiger partial charge in [-0.1, -0.05) is 11.6 Å². The van der Waals surface area contributed by atoms with Gasteiger partial charge in [-0.25, -0.2) is 13.2 Å². The van der Waals surface area contributed by atoms with Crippen molar-refractivity contribution < 1.29 is 22.8 Å². The van der Waals surface area contributed by atoms with Crippen LogP contribution < -0.4 is 10.2 Å². The topological polar surface area (TPSA) is 74.1 Å². The van der Waals surface area contributed by atoms with E-state index in [1.807, 2.05) is 0 Å². The lowest BCUT2D eigenvalue weighted by atomic mass is 9.86. The molecule has 0 unspecified atom stereocenters. The fourth-order valence-corrected chi connectivity index (χ4v) is 3.95. The minimum Gasteiger partial charge on any atom is -0.351 e. The number of halogens is 4. The molecule has 1 fully saturated rings. The maximum atomic E-state index is 14.1. The molecular weight excluding hydrogens is 477 g/mol. The van der Waals surface area contributed by atoms with E-state index >= 15 is 0 Å². The maximum Gasteiger partial charge on any atom is 0.278 e. The molecule has 2 amide bonds. The molecule has 11 heteroatoms. The van der Waals surface area contributed by atoms with Crippen LogP contribution in [0.3, 0.4) is 0 Å². The smallest absolute Gasteiger partial charge is 0.278 e. The molecular formula is C22H26ClF3N4O2S. The van der Waals surface area contributed by atoms with Gasteiger partial charge in [0, 0.05) is 54.5 Å². The minimum atomic E-state index is -2.78. The summed E-state index contributed by atoms with van der Waals surface area (Å²) in [7, 11) is 1.44. The van der Waals surface area contributed by atoms with E-state index in [4.69, 9.17) is 11.6 Å². The minimum absolute atomic E-state index is 0.0545. The van der Waals surface area contributed by atoms with Gasteiger partial charge < -0.3 is 5.32 Å². The van der Waals surface area contributed by atoms with Crippen LogP contribution in [-0.2, 0) is 9.59 Å². The number of alkyl halides is 4. The average Bonchev–Trinajstić information content (AvgIpc) is 2.76. The van der Waals surface area contributed by atoms with E-state index in [2.05, 4.69) is 34.6 Å². The van der Waals surface area contributed by atoms with Gasteiger partial charge in [-0.2, -0.15) is 0 Å². The van der Waals surface area contributed by atoms with E-state index in [1.54, 1.807) is 12.1 Å². The normalized spacial score (nSPS) is 19.5. The maximum absolute atomic E-state index is 14.1. The molecule has 6 nitrogen and oxygen atoms in total. The van der Waals surface area contributed by atoms with Gasteiger partial charge in [-0.3, -0.25) is 24.5 Å². The second-order valence-corrected chi connectivity index (χ2v) is 8.72. The third kappa shape index (κ3) is 6.38. The summed E-state index contributed by atoms with van der Waals surface area (Å²) in [4.78, 5) is 35.7. The Kier molecular flexibility index (Phi) is 9.13. The van der Waals surface area contributed by atoms with Crippen molar-refractivity contribution in [3.05, 3.63) is 36.0 Å². The predicted octanol–water partition coefficient (Wildman–Crippen LogP) is 4.58. The largest absolute Gasteiger partial charge is 0.351 e. The van der Waals surface area contributed by atoms with Crippen LogP contribution >= 0.6 is 24.2 Å². The Morgan fingerprint density at radius 3 is 2.39 bits per heavy atom. The molecule has 0 spiro atoms. The third-order valence-corrected chi connectivity index (χ3v) is 6.00. The van der Waals surface area contributed by atoms with Gasteiger partial charge in [0.05, 0.1) is 0 Å². The first-order chi connectivity index (χ1) is 15.5. The lowest BCUT2D eigenvalue weighted by molar-refractivity contribution is -0.130. The van der Waals surface area contributed by atoms with Crippen LogP contribution in [0.15, 0.2) is 50.9 Å². The standard InChI is InChI=1S/C22H26ClF3N4O2S/c1-21(14(12-27-2)13-28-3,20(32)29-15-8-10-22(25,26)11-9-15)30(19(31)18(23)24)16-4-6-17(33)7-5-16/h4-7,12-13,15,18,33H,2,8-11H2,1,3H3,(H,29,32)/b14-12+,28-13-/t18-,21-/m0/s1. The first kappa shape index (κ1) is 26.9. The Hall–Kier alpha value is -2.33. The SMILES string of the molecule is C=N/C=C(\C=N/C)[C@@](C)(C(=O)NC1CCC(F)(F)CC1)N(C(=O)[C@H](F)Cl)c1ccc(S)cc1. The Morgan fingerprint density at radius 2 is 1.91 bits per heavy atom. The van der Waals surface area contributed by atoms with E-state index in [0.29, 0.717) is 4.90 Å². The van der Waals surface area contributed by atoms with Crippen LogP contribution in [0.4, 0.5) is 18.9 Å². The van der Waals surface area contributed by atoms with Gasteiger partial charge in [0.2, 0.25) is 5.92 Å². The van der Waals surface area contributed by atoms with Crippen molar-refractivity contribution >= 4 is 54.7 Å². The van der Waals surface area contributed by atoms with E-state index in [0.717, 1.165) is 4.90 Å². The van der Waals surface area contributed by atoms with Crippen LogP contribution in [-0.4, -0.2) is 54.9 Å². The summed E-state index contributed by atoms with van der Waals surface area (Å²) < 4.78 is 41.3. The molecule has 1 saturated carbocycles. The van der Waals surface area contributed by atoms with Crippen molar-refractivity contribution in [3.63, 3.8) is 0 Å². The summed E-state index contributed by atoms with van der Waals surface area (Å²) in [5.41, 5.74) is -4.08. The van der Waals surface area contributed by atoms with Crippen LogP contribution in [0.2, 0.25) is 0 Å². The molecule has 1 aliphatic carbocycles. The van der Waals surface area contributed by atoms with E-state index in [9.17, 15) is 22.8 Å².